The van der Waals surface area contributed by atoms with Crippen molar-refractivity contribution in [1.29, 1.82) is 0 Å². The third kappa shape index (κ3) is 23.2. The molecule has 12 aromatic rings. The summed E-state index contributed by atoms with van der Waals surface area (Å²) in [4.78, 5) is 117. The lowest BCUT2D eigenvalue weighted by Crippen LogP contribution is -2.23. The van der Waals surface area contributed by atoms with Gasteiger partial charge in [-0.2, -0.15) is 41.6 Å². The number of alkyl halides is 6. The van der Waals surface area contributed by atoms with E-state index in [0.29, 0.717) is 20.4 Å². The van der Waals surface area contributed by atoms with Crippen molar-refractivity contribution in [2.45, 2.75) is 12.4 Å². The van der Waals surface area contributed by atoms with Gasteiger partial charge in [0.25, 0.3) is 47.3 Å². The number of amides is 8. The van der Waals surface area contributed by atoms with E-state index in [1.165, 1.54) is 147 Å². The highest BCUT2D eigenvalue weighted by atomic mass is 79.9. The second-order valence-corrected chi connectivity index (χ2v) is 29.3. The molecule has 29 nitrogen and oxygen atoms in total. The molecule has 0 aliphatic rings. The summed E-state index contributed by atoms with van der Waals surface area (Å²) in [6.07, 6.45) is -3.82. The van der Waals surface area contributed by atoms with Crippen molar-refractivity contribution in [3.8, 4) is 29.2 Å². The van der Waals surface area contributed by atoms with E-state index in [4.69, 9.17) is 151 Å². The molecule has 0 saturated heterocycles. The fourth-order valence-corrected chi connectivity index (χ4v) is 13.5. The molecule has 120 heavy (non-hydrogen) atoms. The first kappa shape index (κ1) is 93.6. The lowest BCUT2D eigenvalue weighted by atomic mass is 10.1. The van der Waals surface area contributed by atoms with Gasteiger partial charge in [0.1, 0.15) is 27.4 Å². The Labute approximate surface area is 744 Å². The van der Waals surface area contributed by atoms with Crippen LogP contribution in [0.2, 0.25) is 65.4 Å². The van der Waals surface area contributed by atoms with Crippen molar-refractivity contribution >= 4 is 237 Å². The maximum Gasteiger partial charge on any atom is 0.435 e. The number of nitrogens with one attached hydrogen (secondary N) is 8. The number of benzene rings is 4. The van der Waals surface area contributed by atoms with Crippen molar-refractivity contribution in [2.24, 2.45) is 0 Å². The average molecular weight is 1980 g/mol. The van der Waals surface area contributed by atoms with Gasteiger partial charge in [-0.15, -0.1) is 5.10 Å². The van der Waals surface area contributed by atoms with Crippen LogP contribution in [-0.4, -0.2) is 147 Å². The number of nitrogens with zero attached hydrogens (tertiary/aromatic N) is 12. The first-order valence-electron chi connectivity index (χ1n) is 32.7. The predicted molar refractivity (Wildman–Crippen MR) is 446 cm³/mol. The van der Waals surface area contributed by atoms with Crippen LogP contribution in [0.3, 0.4) is 0 Å². The topological polar surface area (TPSA) is 365 Å². The Morgan fingerprint density at radius 3 is 0.942 bits per heavy atom. The van der Waals surface area contributed by atoms with Crippen LogP contribution in [0, 0.1) is 0 Å². The Morgan fingerprint density at radius 2 is 0.642 bits per heavy atom. The fraction of sp³-hybridized carbons (Fsp3) is 0.0986. The quantitative estimate of drug-likeness (QED) is 0.0370. The van der Waals surface area contributed by atoms with Crippen LogP contribution < -0.4 is 47.3 Å². The van der Waals surface area contributed by atoms with Gasteiger partial charge < -0.3 is 47.3 Å². The molecular weight excluding hydrogens is 1930 g/mol. The summed E-state index contributed by atoms with van der Waals surface area (Å²) in [5.41, 5.74) is -1.94. The van der Waals surface area contributed by atoms with Crippen LogP contribution in [0.5, 0.6) is 5.88 Å². The smallest absolute Gasteiger partial charge is 0.435 e. The number of ether oxygens (including phenoxy) is 1. The minimum Gasteiger partial charge on any atom is -0.467 e. The monoisotopic (exact) mass is 1970 g/mol. The number of carbonyl (C=O) groups is 8. The van der Waals surface area contributed by atoms with Crippen molar-refractivity contribution < 1.29 is 69.4 Å². The molecular formula is C71H46BrCl13F6N20O9. The van der Waals surface area contributed by atoms with E-state index in [2.05, 4.69) is 104 Å². The fourth-order valence-electron chi connectivity index (χ4n) is 10.0. The molecule has 0 fully saturated rings. The van der Waals surface area contributed by atoms with E-state index in [-0.39, 0.29) is 146 Å². The number of carbonyl (C=O) groups excluding carboxylic acids is 8. The van der Waals surface area contributed by atoms with Crippen LogP contribution >= 0.6 is 167 Å². The Kier molecular flexibility index (Phi) is 31.9. The van der Waals surface area contributed by atoms with Crippen LogP contribution in [0.4, 0.5) is 49.1 Å². The lowest BCUT2D eigenvalue weighted by Gasteiger charge is -2.13. The predicted octanol–water partition coefficient (Wildman–Crippen LogP) is 18.7. The molecule has 12 rings (SSSR count). The molecule has 0 saturated carbocycles. The summed E-state index contributed by atoms with van der Waals surface area (Å²) in [7, 11) is 5.61. The van der Waals surface area contributed by atoms with Gasteiger partial charge in [0.05, 0.1) is 85.2 Å². The van der Waals surface area contributed by atoms with Gasteiger partial charge in [-0.1, -0.05) is 151 Å². The van der Waals surface area contributed by atoms with E-state index < -0.39 is 83.5 Å². The number of aromatic nitrogens is 12. The first-order valence-corrected chi connectivity index (χ1v) is 38.4. The Morgan fingerprint density at radius 1 is 0.358 bits per heavy atom. The summed E-state index contributed by atoms with van der Waals surface area (Å²) >= 11 is 82.2. The largest absolute Gasteiger partial charge is 0.467 e. The molecule has 624 valence electrons. The number of pyridine rings is 4. The molecule has 0 spiro atoms. The molecule has 0 radical (unpaired) electrons. The lowest BCUT2D eigenvalue weighted by molar-refractivity contribution is -0.154. The summed E-state index contributed by atoms with van der Waals surface area (Å²) in [6.45, 7) is -1.63. The summed E-state index contributed by atoms with van der Waals surface area (Å²) in [5, 5.41) is 36.8. The molecule has 8 N–H and O–H groups in total. The summed E-state index contributed by atoms with van der Waals surface area (Å²) < 4.78 is 86.6. The molecule has 0 aliphatic carbocycles. The Bertz CT molecular complexity index is 5830. The number of rotatable bonds is 18. The van der Waals surface area contributed by atoms with Crippen molar-refractivity contribution in [3.63, 3.8) is 0 Å². The van der Waals surface area contributed by atoms with E-state index >= 15 is 0 Å². The molecule has 0 atom stereocenters. The Balaban J connectivity index is 0.000000182. The van der Waals surface area contributed by atoms with Gasteiger partial charge in [-0.3, -0.25) is 38.4 Å². The molecule has 8 heterocycles. The molecule has 0 unspecified atom stereocenters. The second-order valence-electron chi connectivity index (χ2n) is 23.1. The Hall–Kier alpha value is -10.3. The van der Waals surface area contributed by atoms with Crippen LogP contribution in [0.15, 0.2) is 151 Å². The molecule has 49 heteroatoms. The molecule has 8 aromatic heterocycles. The van der Waals surface area contributed by atoms with Gasteiger partial charge in [-0.05, 0) is 113 Å². The van der Waals surface area contributed by atoms with Crippen molar-refractivity contribution in [3.05, 3.63) is 267 Å². The van der Waals surface area contributed by atoms with Gasteiger partial charge in [0, 0.05) is 97.3 Å². The van der Waals surface area contributed by atoms with Gasteiger partial charge >= 0.3 is 12.4 Å². The molecule has 0 aliphatic heterocycles. The van der Waals surface area contributed by atoms with E-state index in [1.807, 2.05) is 0 Å². The zero-order valence-electron chi connectivity index (χ0n) is 60.2. The SMILES string of the molecule is CNC(=O)c1cc(Cl)cc(Cl)c1NC(=O)c1cc(Br)nn1-c1ncccc1Cl.CNC(=O)c1cc(Cl)cc(Cl)c1NC(=O)c1cc(C(F)(F)F)nn1-c1ncccc1Cl.CNC(=O)c1cc(Cl)cc(Cl)c1NC(=O)c1cc(Cl)nn1-c1ncccc1Cl.CNC(=O)c1cc(Cl)cc(Cl)c1NC(=O)c1cc(OCC(F)(F)F)nn1-c1ncccc1Cl. The van der Waals surface area contributed by atoms with E-state index in [1.54, 1.807) is 24.3 Å². The third-order valence-electron chi connectivity index (χ3n) is 15.2. The summed E-state index contributed by atoms with van der Waals surface area (Å²) in [5.74, 6) is -5.54. The third-order valence-corrected chi connectivity index (χ3v) is 19.0. The van der Waals surface area contributed by atoms with E-state index in [9.17, 15) is 64.7 Å². The summed E-state index contributed by atoms with van der Waals surface area (Å²) in [6, 6.07) is 27.4. The maximum atomic E-state index is 13.3. The van der Waals surface area contributed by atoms with Crippen molar-refractivity contribution in [1.82, 2.24) is 80.3 Å². The zero-order valence-corrected chi connectivity index (χ0v) is 71.6. The van der Waals surface area contributed by atoms with Crippen LogP contribution in [-0.2, 0) is 6.18 Å². The molecule has 0 bridgehead atoms. The van der Waals surface area contributed by atoms with Crippen LogP contribution in [0.1, 0.15) is 89.1 Å². The molecule has 4 aromatic carbocycles. The number of anilines is 4. The maximum absolute atomic E-state index is 13.3. The van der Waals surface area contributed by atoms with Crippen LogP contribution in [0.25, 0.3) is 23.3 Å². The normalized spacial score (nSPS) is 11.0. The first-order chi connectivity index (χ1) is 56.6. The number of halogens is 20. The van der Waals surface area contributed by atoms with Gasteiger partial charge in [0.2, 0.25) is 5.88 Å². The van der Waals surface area contributed by atoms with Gasteiger partial charge in [0.15, 0.2) is 40.7 Å². The minimum absolute atomic E-state index is 0.0380. The van der Waals surface area contributed by atoms with Crippen molar-refractivity contribution in [2.75, 3.05) is 56.1 Å². The highest BCUT2D eigenvalue weighted by molar-refractivity contribution is 9.10. The average Bonchev–Trinajstić information content (AvgIpc) is 1.58. The van der Waals surface area contributed by atoms with E-state index in [0.717, 1.165) is 10.7 Å². The molecule has 8 amide bonds. The minimum atomic E-state index is -4.84. The second kappa shape index (κ2) is 40.8. The zero-order chi connectivity index (χ0) is 88.1. The number of hydrogen-bond donors (Lipinski definition) is 8. The van der Waals surface area contributed by atoms with Gasteiger partial charge in [-0.25, -0.2) is 38.7 Å². The number of hydrogen-bond acceptors (Lipinski definition) is 17. The standard InChI is InChI=1S/C19H13Cl3F3N5O3.C18H11Cl3F3N5O2.C17H11BrCl3N5O2.C17H11Cl4N5O2/c1-26-17(31)10-5-9(20)6-12(22)15(10)28-18(32)13-7-14(33-8-19(23,24)25)29-30(13)16-11(21)3-2-4-27-16;1-25-16(30)9-5-8(19)6-11(21)14(9)27-17(31)12-7-13(18(22,23)24)28-29(12)15-10(20)3-2-4-26-15;1-22-16(27)9-5-8(19)6-11(21)14(9)24-17(28)12-7-13(18)25-26(12)15-10(20)3-2-4-23-15;1-22-16(27)9-5-8(18)6-11(20)14(9)24-17(28)12-7-13(21)25-26(12)15-10(19)3-2-4-23-15/h2-7H,8H2,1H3,(H,26,31)(H,28,32);2-7H,1H3,(H,25,30)(H,27,31);2*2-7H,1H3,(H,22,27)(H,24,28). The highest BCUT2D eigenvalue weighted by Crippen LogP contribution is 2.38. The highest BCUT2D eigenvalue weighted by Gasteiger charge is 2.38.